The van der Waals surface area contributed by atoms with Crippen molar-refractivity contribution in [2.75, 3.05) is 33.0 Å². The summed E-state index contributed by atoms with van der Waals surface area (Å²) < 4.78 is 17.8. The van der Waals surface area contributed by atoms with E-state index in [2.05, 4.69) is 4.90 Å². The summed E-state index contributed by atoms with van der Waals surface area (Å²) >= 11 is 0. The molecular weight excluding hydrogens is 207 g/mol. The number of hydrogen-bond acceptors (Lipinski definition) is 3. The number of rotatable bonds is 6. The Morgan fingerprint density at radius 3 is 2.81 bits per heavy atom. The molecule has 0 unspecified atom stereocenters. The smallest absolute Gasteiger partial charge is 0.125 e. The van der Waals surface area contributed by atoms with Gasteiger partial charge in [-0.2, -0.15) is 0 Å². The molecule has 0 aliphatic heterocycles. The number of halogens is 1. The second-order valence-electron chi connectivity index (χ2n) is 3.93. The summed E-state index contributed by atoms with van der Waals surface area (Å²) in [5, 5.41) is 0. The van der Waals surface area contributed by atoms with Crippen molar-refractivity contribution in [3.8, 4) is 0 Å². The number of anilines is 1. The van der Waals surface area contributed by atoms with E-state index >= 15 is 0 Å². The Balaban J connectivity index is 2.46. The molecule has 0 aromatic heterocycles. The molecule has 0 bridgehead atoms. The third-order valence-corrected chi connectivity index (χ3v) is 2.44. The van der Waals surface area contributed by atoms with E-state index in [9.17, 15) is 4.39 Å². The summed E-state index contributed by atoms with van der Waals surface area (Å²) in [6, 6.07) is 4.53. The zero-order valence-corrected chi connectivity index (χ0v) is 9.87. The first-order valence-corrected chi connectivity index (χ1v) is 5.35. The average molecular weight is 226 g/mol. The van der Waals surface area contributed by atoms with Crippen molar-refractivity contribution < 1.29 is 9.13 Å². The number of hydrogen-bond donors (Lipinski definition) is 1. The minimum atomic E-state index is -0.289. The topological polar surface area (TPSA) is 38.5 Å². The van der Waals surface area contributed by atoms with E-state index in [0.717, 1.165) is 31.7 Å². The van der Waals surface area contributed by atoms with Crippen molar-refractivity contribution in [1.82, 2.24) is 4.90 Å². The van der Waals surface area contributed by atoms with E-state index in [0.29, 0.717) is 5.69 Å². The average Bonchev–Trinajstić information content (AvgIpc) is 2.23. The molecule has 0 amide bonds. The van der Waals surface area contributed by atoms with Crippen molar-refractivity contribution in [1.29, 1.82) is 0 Å². The van der Waals surface area contributed by atoms with E-state index < -0.39 is 0 Å². The standard InChI is InChI=1S/C12H19FN2O/c1-15(6-3-7-16-2)9-10-4-5-11(13)8-12(10)14/h4-5,8H,3,6-7,9,14H2,1-2H3. The third kappa shape index (κ3) is 4.16. The van der Waals surface area contributed by atoms with E-state index in [1.54, 1.807) is 13.2 Å². The lowest BCUT2D eigenvalue weighted by Gasteiger charge is -2.17. The van der Waals surface area contributed by atoms with Crippen molar-refractivity contribution in [3.05, 3.63) is 29.6 Å². The summed E-state index contributed by atoms with van der Waals surface area (Å²) in [5.41, 5.74) is 7.21. The highest BCUT2D eigenvalue weighted by atomic mass is 19.1. The van der Waals surface area contributed by atoms with Gasteiger partial charge in [0.1, 0.15) is 5.82 Å². The van der Waals surface area contributed by atoms with Crippen LogP contribution in [0.2, 0.25) is 0 Å². The molecule has 0 heterocycles. The lowest BCUT2D eigenvalue weighted by atomic mass is 10.1. The van der Waals surface area contributed by atoms with Gasteiger partial charge in [-0.15, -0.1) is 0 Å². The Kier molecular flexibility index (Phi) is 5.22. The Hall–Kier alpha value is -1.13. The largest absolute Gasteiger partial charge is 0.398 e. The molecule has 0 fully saturated rings. The molecule has 1 rings (SSSR count). The lowest BCUT2D eigenvalue weighted by Crippen LogP contribution is -2.20. The quantitative estimate of drug-likeness (QED) is 0.594. The number of benzene rings is 1. The van der Waals surface area contributed by atoms with Crippen LogP contribution in [0, 0.1) is 5.82 Å². The first-order chi connectivity index (χ1) is 7.63. The molecule has 0 radical (unpaired) electrons. The van der Waals surface area contributed by atoms with Crippen LogP contribution in [0.15, 0.2) is 18.2 Å². The van der Waals surface area contributed by atoms with Crippen LogP contribution in [0.3, 0.4) is 0 Å². The Morgan fingerprint density at radius 1 is 1.44 bits per heavy atom. The number of methoxy groups -OCH3 is 1. The van der Waals surface area contributed by atoms with Gasteiger partial charge in [-0.05, 0) is 31.2 Å². The fraction of sp³-hybridized carbons (Fsp3) is 0.500. The molecule has 1 aromatic rings. The van der Waals surface area contributed by atoms with E-state index in [1.807, 2.05) is 7.05 Å². The van der Waals surface area contributed by atoms with Gasteiger partial charge < -0.3 is 15.4 Å². The third-order valence-electron chi connectivity index (χ3n) is 2.44. The second kappa shape index (κ2) is 6.45. The van der Waals surface area contributed by atoms with E-state index in [-0.39, 0.29) is 5.82 Å². The molecule has 0 saturated carbocycles. The highest BCUT2D eigenvalue weighted by molar-refractivity contribution is 5.46. The van der Waals surface area contributed by atoms with Gasteiger partial charge >= 0.3 is 0 Å². The van der Waals surface area contributed by atoms with Crippen molar-refractivity contribution in [2.45, 2.75) is 13.0 Å². The SMILES string of the molecule is COCCCN(C)Cc1ccc(F)cc1N. The van der Waals surface area contributed by atoms with Gasteiger partial charge in [-0.1, -0.05) is 6.07 Å². The highest BCUT2D eigenvalue weighted by Crippen LogP contribution is 2.15. The van der Waals surface area contributed by atoms with Crippen LogP contribution in [-0.2, 0) is 11.3 Å². The molecule has 16 heavy (non-hydrogen) atoms. The Bertz CT molecular complexity index is 331. The predicted octanol–water partition coefficient (Wildman–Crippen LogP) is 1.88. The van der Waals surface area contributed by atoms with Crippen LogP contribution in [-0.4, -0.2) is 32.2 Å². The molecule has 0 atom stereocenters. The van der Waals surface area contributed by atoms with E-state index in [4.69, 9.17) is 10.5 Å². The Labute approximate surface area is 96.0 Å². The molecule has 3 nitrogen and oxygen atoms in total. The molecule has 1 aromatic carbocycles. The maximum atomic E-state index is 12.8. The number of nitrogens with zero attached hydrogens (tertiary/aromatic N) is 1. The maximum Gasteiger partial charge on any atom is 0.125 e. The molecule has 4 heteroatoms. The van der Waals surface area contributed by atoms with Crippen LogP contribution in [0.25, 0.3) is 0 Å². The number of nitrogen functional groups attached to an aromatic ring is 1. The minimum absolute atomic E-state index is 0.289. The van der Waals surface area contributed by atoms with Gasteiger partial charge in [0, 0.05) is 32.5 Å². The molecular formula is C12H19FN2O. The van der Waals surface area contributed by atoms with Crippen LogP contribution >= 0.6 is 0 Å². The normalized spacial score (nSPS) is 11.0. The summed E-state index contributed by atoms with van der Waals surface area (Å²) in [5.74, 6) is -0.289. The summed E-state index contributed by atoms with van der Waals surface area (Å²) in [6.07, 6.45) is 0.980. The van der Waals surface area contributed by atoms with Crippen molar-refractivity contribution in [2.24, 2.45) is 0 Å². The monoisotopic (exact) mass is 226 g/mol. The first-order valence-electron chi connectivity index (χ1n) is 5.35. The van der Waals surface area contributed by atoms with Crippen LogP contribution in [0.4, 0.5) is 10.1 Å². The summed E-state index contributed by atoms with van der Waals surface area (Å²) in [7, 11) is 3.70. The minimum Gasteiger partial charge on any atom is -0.398 e. The van der Waals surface area contributed by atoms with Crippen LogP contribution in [0.5, 0.6) is 0 Å². The first kappa shape index (κ1) is 12.9. The van der Waals surface area contributed by atoms with Gasteiger partial charge in [0.25, 0.3) is 0 Å². The van der Waals surface area contributed by atoms with Crippen molar-refractivity contribution in [3.63, 3.8) is 0 Å². The van der Waals surface area contributed by atoms with Crippen molar-refractivity contribution >= 4 is 5.69 Å². The molecule has 0 spiro atoms. The fourth-order valence-corrected chi connectivity index (χ4v) is 1.56. The molecule has 2 N–H and O–H groups in total. The highest BCUT2D eigenvalue weighted by Gasteiger charge is 2.04. The van der Waals surface area contributed by atoms with Crippen LogP contribution in [0.1, 0.15) is 12.0 Å². The molecule has 0 saturated heterocycles. The summed E-state index contributed by atoms with van der Waals surface area (Å²) in [4.78, 5) is 2.14. The zero-order chi connectivity index (χ0) is 12.0. The molecule has 90 valence electrons. The van der Waals surface area contributed by atoms with Gasteiger partial charge in [0.15, 0.2) is 0 Å². The summed E-state index contributed by atoms with van der Waals surface area (Å²) in [6.45, 7) is 2.42. The fourth-order valence-electron chi connectivity index (χ4n) is 1.56. The van der Waals surface area contributed by atoms with Gasteiger partial charge in [0.2, 0.25) is 0 Å². The van der Waals surface area contributed by atoms with Gasteiger partial charge in [0.05, 0.1) is 0 Å². The molecule has 0 aliphatic carbocycles. The Morgan fingerprint density at radius 2 is 2.19 bits per heavy atom. The zero-order valence-electron chi connectivity index (χ0n) is 9.87. The second-order valence-corrected chi connectivity index (χ2v) is 3.93. The number of ether oxygens (including phenoxy) is 1. The predicted molar refractivity (Wildman–Crippen MR) is 63.6 cm³/mol. The van der Waals surface area contributed by atoms with Gasteiger partial charge in [-0.3, -0.25) is 0 Å². The molecule has 0 aliphatic rings. The lowest BCUT2D eigenvalue weighted by molar-refractivity contribution is 0.178. The number of nitrogens with two attached hydrogens (primary N) is 1. The van der Waals surface area contributed by atoms with E-state index in [1.165, 1.54) is 12.1 Å². The maximum absolute atomic E-state index is 12.8. The van der Waals surface area contributed by atoms with Gasteiger partial charge in [-0.25, -0.2) is 4.39 Å². The van der Waals surface area contributed by atoms with Crippen LogP contribution < -0.4 is 5.73 Å².